The van der Waals surface area contributed by atoms with Crippen molar-refractivity contribution < 1.29 is 24.2 Å². The summed E-state index contributed by atoms with van der Waals surface area (Å²) in [5, 5.41) is 8.98. The van der Waals surface area contributed by atoms with Crippen LogP contribution in [0.5, 0.6) is 0 Å². The highest BCUT2D eigenvalue weighted by Gasteiger charge is 2.69. The molecule has 0 unspecified atom stereocenters. The number of fused-ring (bicyclic) bond motifs is 1. The van der Waals surface area contributed by atoms with Crippen molar-refractivity contribution in [2.75, 3.05) is 0 Å². The molecule has 0 amide bonds. The molecule has 0 saturated carbocycles. The number of carboxylic acid groups (broad SMARTS) is 1. The number of alkyl halides is 1. The van der Waals surface area contributed by atoms with Gasteiger partial charge in [0.25, 0.3) is 0 Å². The molecular formula is C8H7BrO5. The summed E-state index contributed by atoms with van der Waals surface area (Å²) in [6.45, 7) is 0. The van der Waals surface area contributed by atoms with Crippen LogP contribution in [0.3, 0.4) is 0 Å². The number of hydrogen-bond acceptors (Lipinski definition) is 4. The topological polar surface area (TPSA) is 72.8 Å². The van der Waals surface area contributed by atoms with Gasteiger partial charge in [0, 0.05) is 0 Å². The van der Waals surface area contributed by atoms with Crippen LogP contribution in [0.4, 0.5) is 0 Å². The Hall–Kier alpha value is -0.620. The van der Waals surface area contributed by atoms with E-state index in [-0.39, 0.29) is 17.0 Å². The van der Waals surface area contributed by atoms with E-state index in [0.717, 1.165) is 0 Å². The van der Waals surface area contributed by atoms with Crippen LogP contribution >= 0.6 is 15.9 Å². The number of ether oxygens (including phenoxy) is 2. The maximum absolute atomic E-state index is 11.4. The fourth-order valence-electron chi connectivity index (χ4n) is 2.60. The molecule has 3 rings (SSSR count). The first-order chi connectivity index (χ1) is 6.61. The first-order valence-electron chi connectivity index (χ1n) is 4.34. The lowest BCUT2D eigenvalue weighted by Gasteiger charge is -2.21. The molecule has 2 bridgehead atoms. The summed E-state index contributed by atoms with van der Waals surface area (Å²) < 4.78 is 10.5. The van der Waals surface area contributed by atoms with Gasteiger partial charge < -0.3 is 14.6 Å². The molecule has 0 aromatic carbocycles. The van der Waals surface area contributed by atoms with Crippen molar-refractivity contribution in [2.45, 2.75) is 23.1 Å². The maximum atomic E-state index is 11.4. The van der Waals surface area contributed by atoms with Gasteiger partial charge in [0.15, 0.2) is 0 Å². The highest BCUT2D eigenvalue weighted by atomic mass is 79.9. The number of carbonyl (C=O) groups is 2. The summed E-state index contributed by atoms with van der Waals surface area (Å²) in [7, 11) is 0. The number of carboxylic acids is 1. The molecule has 3 heterocycles. The van der Waals surface area contributed by atoms with E-state index in [2.05, 4.69) is 15.9 Å². The SMILES string of the molecule is O=C(O)[C@H]1[C@H]2O[C@H]3[C@@H](OC(=O)[C@@H]31)[C@H]2Br. The molecule has 5 nitrogen and oxygen atoms in total. The fraction of sp³-hybridized carbons (Fsp3) is 0.750. The molecule has 6 atom stereocenters. The van der Waals surface area contributed by atoms with E-state index in [4.69, 9.17) is 14.6 Å². The molecule has 3 aliphatic heterocycles. The van der Waals surface area contributed by atoms with Crippen molar-refractivity contribution in [3.63, 3.8) is 0 Å². The average Bonchev–Trinajstić information content (AvgIpc) is 2.67. The molecule has 0 spiro atoms. The zero-order chi connectivity index (χ0) is 10.0. The first kappa shape index (κ1) is 8.67. The highest BCUT2D eigenvalue weighted by molar-refractivity contribution is 9.09. The smallest absolute Gasteiger partial charge is 0.313 e. The second kappa shape index (κ2) is 2.49. The van der Waals surface area contributed by atoms with Crippen LogP contribution in [0.15, 0.2) is 0 Å². The number of halogens is 1. The van der Waals surface area contributed by atoms with E-state index in [1.807, 2.05) is 0 Å². The third-order valence-corrected chi connectivity index (χ3v) is 4.21. The Morgan fingerprint density at radius 1 is 1.36 bits per heavy atom. The van der Waals surface area contributed by atoms with Crippen molar-refractivity contribution >= 4 is 27.9 Å². The summed E-state index contributed by atoms with van der Waals surface area (Å²) in [5.74, 6) is -2.77. The van der Waals surface area contributed by atoms with E-state index in [0.29, 0.717) is 0 Å². The van der Waals surface area contributed by atoms with Crippen LogP contribution in [0, 0.1) is 11.8 Å². The first-order valence-corrected chi connectivity index (χ1v) is 5.25. The van der Waals surface area contributed by atoms with Crippen LogP contribution < -0.4 is 0 Å². The fourth-order valence-corrected chi connectivity index (χ4v) is 3.46. The van der Waals surface area contributed by atoms with Gasteiger partial charge in [-0.15, -0.1) is 0 Å². The minimum Gasteiger partial charge on any atom is -0.481 e. The summed E-state index contributed by atoms with van der Waals surface area (Å²) in [4.78, 5) is 22.1. The summed E-state index contributed by atoms with van der Waals surface area (Å²) >= 11 is 3.32. The van der Waals surface area contributed by atoms with Crippen LogP contribution in [0.2, 0.25) is 0 Å². The molecule has 3 aliphatic rings. The van der Waals surface area contributed by atoms with Gasteiger partial charge in [0.05, 0.1) is 10.9 Å². The summed E-state index contributed by atoms with van der Waals surface area (Å²) in [6, 6.07) is 0. The van der Waals surface area contributed by atoms with Crippen LogP contribution in [-0.2, 0) is 19.1 Å². The number of rotatable bonds is 1. The monoisotopic (exact) mass is 262 g/mol. The lowest BCUT2D eigenvalue weighted by Crippen LogP contribution is -2.42. The highest BCUT2D eigenvalue weighted by Crippen LogP contribution is 2.52. The largest absolute Gasteiger partial charge is 0.481 e. The van der Waals surface area contributed by atoms with Gasteiger partial charge in [-0.2, -0.15) is 0 Å². The Labute approximate surface area is 87.5 Å². The van der Waals surface area contributed by atoms with E-state index in [1.165, 1.54) is 0 Å². The molecule has 3 saturated heterocycles. The van der Waals surface area contributed by atoms with Gasteiger partial charge in [-0.05, 0) is 0 Å². The van der Waals surface area contributed by atoms with E-state index in [9.17, 15) is 9.59 Å². The summed E-state index contributed by atoms with van der Waals surface area (Å²) in [5.41, 5.74) is 0. The van der Waals surface area contributed by atoms with Crippen LogP contribution in [-0.4, -0.2) is 40.2 Å². The van der Waals surface area contributed by atoms with Gasteiger partial charge in [0.2, 0.25) is 0 Å². The zero-order valence-electron chi connectivity index (χ0n) is 6.92. The molecule has 0 aromatic heterocycles. The minimum absolute atomic E-state index is 0.184. The van der Waals surface area contributed by atoms with Gasteiger partial charge >= 0.3 is 11.9 Å². The number of hydrogen-bond donors (Lipinski definition) is 1. The lowest BCUT2D eigenvalue weighted by atomic mass is 9.80. The lowest BCUT2D eigenvalue weighted by molar-refractivity contribution is -0.151. The molecule has 0 aliphatic carbocycles. The molecule has 1 N–H and O–H groups in total. The zero-order valence-corrected chi connectivity index (χ0v) is 8.51. The second-order valence-corrected chi connectivity index (χ2v) is 4.86. The number of carbonyl (C=O) groups excluding carboxylic acids is 1. The Morgan fingerprint density at radius 2 is 2.07 bits per heavy atom. The van der Waals surface area contributed by atoms with Crippen molar-refractivity contribution in [1.82, 2.24) is 0 Å². The maximum Gasteiger partial charge on any atom is 0.313 e. The Morgan fingerprint density at radius 3 is 2.71 bits per heavy atom. The van der Waals surface area contributed by atoms with Crippen molar-refractivity contribution in [1.29, 1.82) is 0 Å². The van der Waals surface area contributed by atoms with E-state index in [1.54, 1.807) is 0 Å². The number of esters is 1. The average molecular weight is 263 g/mol. The molecule has 14 heavy (non-hydrogen) atoms. The van der Waals surface area contributed by atoms with Crippen molar-refractivity contribution in [3.8, 4) is 0 Å². The van der Waals surface area contributed by atoms with Crippen molar-refractivity contribution in [2.24, 2.45) is 11.8 Å². The predicted octanol–water partition coefficient (Wildman–Crippen LogP) is -0.227. The summed E-state index contributed by atoms with van der Waals surface area (Å²) in [6.07, 6.45) is -1.09. The van der Waals surface area contributed by atoms with Gasteiger partial charge in [-0.3, -0.25) is 9.59 Å². The predicted molar refractivity (Wildman–Crippen MR) is 45.9 cm³/mol. The van der Waals surface area contributed by atoms with Gasteiger partial charge in [0.1, 0.15) is 24.0 Å². The minimum atomic E-state index is -0.982. The van der Waals surface area contributed by atoms with E-state index >= 15 is 0 Å². The van der Waals surface area contributed by atoms with Gasteiger partial charge in [-0.25, -0.2) is 0 Å². The van der Waals surface area contributed by atoms with Crippen LogP contribution in [0.1, 0.15) is 0 Å². The third-order valence-electron chi connectivity index (χ3n) is 3.17. The van der Waals surface area contributed by atoms with Crippen molar-refractivity contribution in [3.05, 3.63) is 0 Å². The molecule has 3 fully saturated rings. The van der Waals surface area contributed by atoms with Crippen LogP contribution in [0.25, 0.3) is 0 Å². The Kier molecular flexibility index (Phi) is 1.54. The molecule has 0 radical (unpaired) electrons. The molecule has 0 aromatic rings. The third kappa shape index (κ3) is 0.791. The molecular weight excluding hydrogens is 256 g/mol. The quantitative estimate of drug-likeness (QED) is 0.522. The van der Waals surface area contributed by atoms with E-state index < -0.39 is 29.9 Å². The molecule has 76 valence electrons. The number of aliphatic carboxylic acids is 1. The standard InChI is InChI=1S/C8H7BrO5/c9-3-4-1(7(10)11)2-5(13-4)6(3)14-8(2)12/h1-6H,(H,10,11)/t1-,2-,3+,4-,5-,6+/m1/s1. The molecule has 6 heteroatoms. The Bertz CT molecular complexity index is 330. The van der Waals surface area contributed by atoms with Gasteiger partial charge in [-0.1, -0.05) is 15.9 Å². The second-order valence-electron chi connectivity index (χ2n) is 3.80. The normalized spacial score (nSPS) is 53.6. The Balaban J connectivity index is 2.04.